The Balaban J connectivity index is 1.69. The van der Waals surface area contributed by atoms with E-state index in [0.717, 1.165) is 31.4 Å². The number of nitrogens with one attached hydrogen (secondary N) is 2. The van der Waals surface area contributed by atoms with Crippen molar-refractivity contribution in [2.24, 2.45) is 15.4 Å². The zero-order valence-corrected chi connectivity index (χ0v) is 22.9. The number of carbonyl (C=O) groups excluding carboxylic acids is 3. The molecule has 8 nitrogen and oxygen atoms in total. The molecular formula is C28H39F2N5O3. The van der Waals surface area contributed by atoms with Crippen LogP contribution >= 0.6 is 0 Å². The van der Waals surface area contributed by atoms with E-state index < -0.39 is 29.6 Å². The summed E-state index contributed by atoms with van der Waals surface area (Å²) in [5.41, 5.74) is 0.428. The molecule has 0 bridgehead atoms. The van der Waals surface area contributed by atoms with Gasteiger partial charge < -0.3 is 15.5 Å². The van der Waals surface area contributed by atoms with Crippen LogP contribution in [0.1, 0.15) is 78.7 Å². The highest BCUT2D eigenvalue weighted by Gasteiger charge is 2.31. The highest BCUT2D eigenvalue weighted by molar-refractivity contribution is 6.14. The average Bonchev–Trinajstić information content (AvgIpc) is 3.32. The van der Waals surface area contributed by atoms with E-state index in [9.17, 15) is 23.2 Å². The summed E-state index contributed by atoms with van der Waals surface area (Å²) in [6.45, 7) is 10.5. The van der Waals surface area contributed by atoms with Gasteiger partial charge in [0.15, 0.2) is 0 Å². The molecule has 3 rings (SSSR count). The van der Waals surface area contributed by atoms with E-state index in [2.05, 4.69) is 20.6 Å². The quantitative estimate of drug-likeness (QED) is 0.507. The number of carbonyl (C=O) groups is 3. The van der Waals surface area contributed by atoms with Crippen LogP contribution in [0.3, 0.4) is 0 Å². The lowest BCUT2D eigenvalue weighted by atomic mass is 9.90. The van der Waals surface area contributed by atoms with Crippen LogP contribution in [0.25, 0.3) is 0 Å². The van der Waals surface area contributed by atoms with Gasteiger partial charge >= 0.3 is 0 Å². The third-order valence-corrected chi connectivity index (χ3v) is 6.88. The molecule has 208 valence electrons. The number of hydrogen-bond acceptors (Lipinski definition) is 5. The number of piperidine rings is 1. The van der Waals surface area contributed by atoms with E-state index in [4.69, 9.17) is 0 Å². The number of halogens is 2. The number of nitrogens with zero attached hydrogens (tertiary/aromatic N) is 3. The molecule has 0 aliphatic carbocycles. The molecule has 1 aromatic carbocycles. The molecule has 0 spiro atoms. The summed E-state index contributed by atoms with van der Waals surface area (Å²) in [5, 5.41) is 5.56. The van der Waals surface area contributed by atoms with Crippen LogP contribution in [0, 0.1) is 17.0 Å². The second kappa shape index (κ2) is 12.6. The first-order valence-electron chi connectivity index (χ1n) is 13.3. The molecule has 2 aliphatic heterocycles. The summed E-state index contributed by atoms with van der Waals surface area (Å²) in [4.78, 5) is 49.5. The van der Waals surface area contributed by atoms with E-state index in [-0.39, 0.29) is 54.1 Å². The van der Waals surface area contributed by atoms with Crippen LogP contribution in [-0.4, -0.2) is 65.4 Å². The van der Waals surface area contributed by atoms with Crippen molar-refractivity contribution in [3.8, 4) is 0 Å². The molecule has 2 aliphatic rings. The van der Waals surface area contributed by atoms with Gasteiger partial charge in [0.1, 0.15) is 23.5 Å². The van der Waals surface area contributed by atoms with Gasteiger partial charge in [-0.2, -0.15) is 0 Å². The summed E-state index contributed by atoms with van der Waals surface area (Å²) >= 11 is 0. The fraction of sp³-hybridized carbons (Fsp3) is 0.607. The second-order valence-corrected chi connectivity index (χ2v) is 11.4. The van der Waals surface area contributed by atoms with Gasteiger partial charge in [0.2, 0.25) is 17.7 Å². The third kappa shape index (κ3) is 8.16. The second-order valence-electron chi connectivity index (χ2n) is 11.4. The topological polar surface area (TPSA) is 103 Å². The fourth-order valence-electron chi connectivity index (χ4n) is 4.57. The highest BCUT2D eigenvalue weighted by Crippen LogP contribution is 2.21. The van der Waals surface area contributed by atoms with Crippen molar-refractivity contribution in [1.29, 1.82) is 0 Å². The number of likely N-dealkylation sites (tertiary alicyclic amines) is 1. The molecular weight excluding hydrogens is 492 g/mol. The summed E-state index contributed by atoms with van der Waals surface area (Å²) < 4.78 is 27.5. The Bertz CT molecular complexity index is 1110. The number of hydrogen-bond donors (Lipinski definition) is 2. The Kier molecular flexibility index (Phi) is 9.73. The van der Waals surface area contributed by atoms with Gasteiger partial charge in [0, 0.05) is 30.6 Å². The van der Waals surface area contributed by atoms with Crippen molar-refractivity contribution in [3.05, 3.63) is 35.4 Å². The predicted octanol–water partition coefficient (Wildman–Crippen LogP) is 3.77. The minimum Gasteiger partial charge on any atom is -0.345 e. The Hall–Kier alpha value is -3.17. The zero-order valence-electron chi connectivity index (χ0n) is 22.9. The molecule has 3 amide bonds. The van der Waals surface area contributed by atoms with E-state index >= 15 is 0 Å². The molecule has 2 N–H and O–H groups in total. The van der Waals surface area contributed by atoms with E-state index in [1.165, 1.54) is 6.07 Å². The van der Waals surface area contributed by atoms with E-state index in [0.29, 0.717) is 18.7 Å². The Labute approximate surface area is 223 Å². The molecule has 3 atom stereocenters. The predicted molar refractivity (Wildman–Crippen MR) is 143 cm³/mol. The number of benzene rings is 1. The average molecular weight is 532 g/mol. The molecule has 38 heavy (non-hydrogen) atoms. The number of amides is 3. The first-order valence-corrected chi connectivity index (χ1v) is 13.3. The van der Waals surface area contributed by atoms with Crippen LogP contribution in [0.2, 0.25) is 0 Å². The lowest BCUT2D eigenvalue weighted by molar-refractivity contribution is -0.138. The van der Waals surface area contributed by atoms with Crippen LogP contribution in [0.5, 0.6) is 0 Å². The van der Waals surface area contributed by atoms with Crippen molar-refractivity contribution < 1.29 is 23.2 Å². The summed E-state index contributed by atoms with van der Waals surface area (Å²) in [7, 11) is 0. The third-order valence-electron chi connectivity index (χ3n) is 6.88. The zero-order chi connectivity index (χ0) is 28.0. The van der Waals surface area contributed by atoms with Gasteiger partial charge in [-0.05, 0) is 57.1 Å². The lowest BCUT2D eigenvalue weighted by Gasteiger charge is -2.34. The minimum atomic E-state index is -1.05. The van der Waals surface area contributed by atoms with Gasteiger partial charge in [0.25, 0.3) is 0 Å². The van der Waals surface area contributed by atoms with Crippen molar-refractivity contribution in [3.63, 3.8) is 0 Å². The summed E-state index contributed by atoms with van der Waals surface area (Å²) in [6.07, 6.45) is 3.60. The normalized spacial score (nSPS) is 19.3. The molecule has 0 radical (unpaired) electrons. The minimum absolute atomic E-state index is 0.0526. The SMILES string of the molecule is C[C@H](NC(=O)[C@H](CC(=O)N1CCCC[C@@H]1C)NC(=O)CCC(C)(C)C)C1=NCC(c2ccc(F)cc2F)=N1. The Morgan fingerprint density at radius 3 is 2.55 bits per heavy atom. The number of rotatable bonds is 9. The van der Waals surface area contributed by atoms with Crippen LogP contribution in [0.15, 0.2) is 28.2 Å². The number of aliphatic imine (C=N–C) groups is 2. The molecule has 0 unspecified atom stereocenters. The monoisotopic (exact) mass is 531 g/mol. The maximum absolute atomic E-state index is 14.2. The fourth-order valence-corrected chi connectivity index (χ4v) is 4.57. The number of amidine groups is 1. The smallest absolute Gasteiger partial charge is 0.243 e. The van der Waals surface area contributed by atoms with Crippen molar-refractivity contribution in [2.45, 2.75) is 91.3 Å². The molecule has 2 heterocycles. The van der Waals surface area contributed by atoms with Crippen molar-refractivity contribution in [1.82, 2.24) is 15.5 Å². The molecule has 0 saturated carbocycles. The van der Waals surface area contributed by atoms with Gasteiger partial charge in [-0.3, -0.25) is 19.4 Å². The van der Waals surface area contributed by atoms with E-state index in [1.54, 1.807) is 11.8 Å². The van der Waals surface area contributed by atoms with Crippen LogP contribution < -0.4 is 10.6 Å². The van der Waals surface area contributed by atoms with Crippen molar-refractivity contribution >= 4 is 29.3 Å². The van der Waals surface area contributed by atoms with Gasteiger partial charge in [-0.1, -0.05) is 20.8 Å². The Morgan fingerprint density at radius 2 is 1.89 bits per heavy atom. The summed E-state index contributed by atoms with van der Waals surface area (Å²) in [5.74, 6) is -2.12. The molecule has 1 aromatic rings. The first-order chi connectivity index (χ1) is 17.8. The maximum atomic E-state index is 14.2. The summed E-state index contributed by atoms with van der Waals surface area (Å²) in [6, 6.07) is 1.63. The van der Waals surface area contributed by atoms with Crippen LogP contribution in [0.4, 0.5) is 8.78 Å². The van der Waals surface area contributed by atoms with E-state index in [1.807, 2.05) is 27.7 Å². The molecule has 0 aromatic heterocycles. The standard InChI is InChI=1S/C28H39F2N5O3/c1-17-8-6-7-13-35(17)25(37)15-22(33-24(36)11-12-28(3,4)5)27(38)32-18(2)26-31-16-23(34-26)20-10-9-19(29)14-21(20)30/h9-10,14,17-18,22H,6-8,11-13,15-16H2,1-5H3,(H,32,38)(H,33,36)/t17-,18-,22-/m0/s1. The van der Waals surface area contributed by atoms with Crippen molar-refractivity contribution in [2.75, 3.05) is 13.1 Å². The van der Waals surface area contributed by atoms with Gasteiger partial charge in [-0.25, -0.2) is 13.8 Å². The molecule has 1 fully saturated rings. The molecule has 10 heteroatoms. The van der Waals surface area contributed by atoms with Crippen LogP contribution in [-0.2, 0) is 14.4 Å². The van der Waals surface area contributed by atoms with Gasteiger partial charge in [-0.15, -0.1) is 0 Å². The maximum Gasteiger partial charge on any atom is 0.243 e. The molecule has 1 saturated heterocycles. The first kappa shape index (κ1) is 29.4. The Morgan fingerprint density at radius 1 is 1.16 bits per heavy atom. The lowest BCUT2D eigenvalue weighted by Crippen LogP contribution is -2.53. The highest BCUT2D eigenvalue weighted by atomic mass is 19.1. The largest absolute Gasteiger partial charge is 0.345 e. The van der Waals surface area contributed by atoms with Gasteiger partial charge in [0.05, 0.1) is 24.7 Å².